The summed E-state index contributed by atoms with van der Waals surface area (Å²) in [6, 6.07) is 5.68. The van der Waals surface area contributed by atoms with E-state index in [0.717, 1.165) is 12.1 Å². The molecule has 0 fully saturated rings. The van der Waals surface area contributed by atoms with Crippen molar-refractivity contribution in [2.45, 2.75) is 32.4 Å². The molecule has 0 aromatic carbocycles. The molecule has 0 aliphatic heterocycles. The second-order valence-electron chi connectivity index (χ2n) is 4.64. The van der Waals surface area contributed by atoms with E-state index in [0.29, 0.717) is 13.1 Å². The topological polar surface area (TPSA) is 71.2 Å². The minimum Gasteiger partial charge on any atom is -0.355 e. The molecule has 1 rings (SSSR count). The Morgan fingerprint density at radius 2 is 2.21 bits per heavy atom. The van der Waals surface area contributed by atoms with E-state index in [-0.39, 0.29) is 18.0 Å². The van der Waals surface area contributed by atoms with Crippen LogP contribution in [-0.2, 0) is 4.79 Å². The number of rotatable bonds is 7. The molecule has 1 amide bonds. The molecule has 106 valence electrons. The largest absolute Gasteiger partial charge is 0.355 e. The number of aromatic nitrogens is 1. The number of nitrogens with two attached hydrogens (primary N) is 1. The van der Waals surface area contributed by atoms with Crippen LogP contribution in [0.5, 0.6) is 0 Å². The molecule has 0 saturated carbocycles. The number of carbonyl (C=O) groups is 1. The van der Waals surface area contributed by atoms with E-state index in [1.54, 1.807) is 6.20 Å². The van der Waals surface area contributed by atoms with Crippen LogP contribution < -0.4 is 11.1 Å². The molecule has 0 bridgehead atoms. The van der Waals surface area contributed by atoms with E-state index < -0.39 is 0 Å². The zero-order valence-electron chi connectivity index (χ0n) is 12.0. The molecular formula is C14H24N4O. The third-order valence-corrected chi connectivity index (χ3v) is 3.11. The molecule has 2 unspecified atom stereocenters. The molecule has 5 heteroatoms. The van der Waals surface area contributed by atoms with E-state index in [1.807, 2.05) is 44.0 Å². The van der Waals surface area contributed by atoms with Crippen molar-refractivity contribution in [2.24, 2.45) is 5.73 Å². The quantitative estimate of drug-likeness (QED) is 0.768. The van der Waals surface area contributed by atoms with Gasteiger partial charge in [-0.2, -0.15) is 0 Å². The highest BCUT2D eigenvalue weighted by Crippen LogP contribution is 2.21. The normalized spacial score (nSPS) is 14.2. The molecule has 19 heavy (non-hydrogen) atoms. The van der Waals surface area contributed by atoms with Crippen LogP contribution in [-0.4, -0.2) is 42.0 Å². The Hall–Kier alpha value is -1.46. The fourth-order valence-electron chi connectivity index (χ4n) is 2.12. The highest BCUT2D eigenvalue weighted by Gasteiger charge is 2.25. The van der Waals surface area contributed by atoms with Gasteiger partial charge in [0.25, 0.3) is 0 Å². The zero-order valence-corrected chi connectivity index (χ0v) is 12.0. The number of hydrogen-bond donors (Lipinski definition) is 2. The van der Waals surface area contributed by atoms with Gasteiger partial charge in [-0.1, -0.05) is 13.0 Å². The number of hydrogen-bond acceptors (Lipinski definition) is 4. The lowest BCUT2D eigenvalue weighted by molar-refractivity contribution is -0.122. The summed E-state index contributed by atoms with van der Waals surface area (Å²) < 4.78 is 0. The Bertz CT molecular complexity index is 382. The van der Waals surface area contributed by atoms with E-state index >= 15 is 0 Å². The van der Waals surface area contributed by atoms with Crippen molar-refractivity contribution in [1.29, 1.82) is 0 Å². The lowest BCUT2D eigenvalue weighted by Crippen LogP contribution is -2.43. The second-order valence-corrected chi connectivity index (χ2v) is 4.64. The van der Waals surface area contributed by atoms with Crippen LogP contribution in [0.4, 0.5) is 0 Å². The van der Waals surface area contributed by atoms with Crippen LogP contribution >= 0.6 is 0 Å². The molecule has 2 atom stereocenters. The fourth-order valence-corrected chi connectivity index (χ4v) is 2.12. The third-order valence-electron chi connectivity index (χ3n) is 3.11. The van der Waals surface area contributed by atoms with Gasteiger partial charge in [0, 0.05) is 18.8 Å². The first kappa shape index (κ1) is 15.6. The predicted octanol–water partition coefficient (Wildman–Crippen LogP) is 0.928. The summed E-state index contributed by atoms with van der Waals surface area (Å²) in [6.07, 6.45) is 2.59. The van der Waals surface area contributed by atoms with Crippen molar-refractivity contribution in [3.8, 4) is 0 Å². The molecule has 1 aromatic rings. The van der Waals surface area contributed by atoms with Gasteiger partial charge in [-0.25, -0.2) is 0 Å². The highest BCUT2D eigenvalue weighted by atomic mass is 16.2. The van der Waals surface area contributed by atoms with Gasteiger partial charge < -0.3 is 11.1 Å². The van der Waals surface area contributed by atoms with Gasteiger partial charge in [-0.15, -0.1) is 0 Å². The molecular weight excluding hydrogens is 240 g/mol. The first-order valence-corrected chi connectivity index (χ1v) is 6.73. The molecule has 5 nitrogen and oxygen atoms in total. The monoisotopic (exact) mass is 264 g/mol. The molecule has 1 heterocycles. The van der Waals surface area contributed by atoms with Crippen LogP contribution in [0, 0.1) is 0 Å². The first-order valence-electron chi connectivity index (χ1n) is 6.73. The van der Waals surface area contributed by atoms with Gasteiger partial charge in [0.2, 0.25) is 5.91 Å². The van der Waals surface area contributed by atoms with Crippen LogP contribution in [0.1, 0.15) is 32.0 Å². The highest BCUT2D eigenvalue weighted by molar-refractivity contribution is 5.77. The maximum absolute atomic E-state index is 11.7. The van der Waals surface area contributed by atoms with Crippen LogP contribution in [0.2, 0.25) is 0 Å². The van der Waals surface area contributed by atoms with Crippen LogP contribution in [0.15, 0.2) is 24.4 Å². The summed E-state index contributed by atoms with van der Waals surface area (Å²) in [5.74, 6) is 0.00855. The Balaban J connectivity index is 2.83. The molecule has 0 aliphatic carbocycles. The lowest BCUT2D eigenvalue weighted by atomic mass is 10.0. The molecule has 0 radical (unpaired) electrons. The van der Waals surface area contributed by atoms with Crippen molar-refractivity contribution in [3.63, 3.8) is 0 Å². The molecule has 0 spiro atoms. The second kappa shape index (κ2) is 7.86. The van der Waals surface area contributed by atoms with Crippen molar-refractivity contribution in [3.05, 3.63) is 30.1 Å². The van der Waals surface area contributed by atoms with E-state index in [9.17, 15) is 4.79 Å². The number of pyridine rings is 1. The smallest absolute Gasteiger partial charge is 0.234 e. The summed E-state index contributed by atoms with van der Waals surface area (Å²) in [7, 11) is 1.91. The van der Waals surface area contributed by atoms with Crippen LogP contribution in [0.3, 0.4) is 0 Å². The van der Waals surface area contributed by atoms with Gasteiger partial charge in [-0.05, 0) is 32.5 Å². The third kappa shape index (κ3) is 4.61. The molecule has 0 aliphatic rings. The summed E-state index contributed by atoms with van der Waals surface area (Å²) >= 11 is 0. The Kier molecular flexibility index (Phi) is 6.45. The van der Waals surface area contributed by atoms with Crippen LogP contribution in [0.25, 0.3) is 0 Å². The Morgan fingerprint density at radius 3 is 2.74 bits per heavy atom. The lowest BCUT2D eigenvalue weighted by Gasteiger charge is -2.31. The Morgan fingerprint density at radius 1 is 1.47 bits per heavy atom. The fraction of sp³-hybridized carbons (Fsp3) is 0.571. The standard InChI is InChI=1S/C14H24N4O/c1-4-11(15)14(12-8-6-7-9-17-12)18(3)10-13(19)16-5-2/h6-9,11,14H,4-5,10,15H2,1-3H3,(H,16,19). The average Bonchev–Trinajstić information content (AvgIpc) is 2.40. The Labute approximate surface area is 115 Å². The maximum atomic E-state index is 11.7. The molecule has 3 N–H and O–H groups in total. The summed E-state index contributed by atoms with van der Waals surface area (Å²) in [5.41, 5.74) is 7.09. The van der Waals surface area contributed by atoms with Gasteiger partial charge in [0.15, 0.2) is 0 Å². The van der Waals surface area contributed by atoms with Crippen molar-refractivity contribution >= 4 is 5.91 Å². The van der Waals surface area contributed by atoms with E-state index in [4.69, 9.17) is 5.73 Å². The van der Waals surface area contributed by atoms with Gasteiger partial charge >= 0.3 is 0 Å². The van der Waals surface area contributed by atoms with Gasteiger partial charge in [0.05, 0.1) is 18.3 Å². The average molecular weight is 264 g/mol. The zero-order chi connectivity index (χ0) is 14.3. The molecule has 0 saturated heterocycles. The van der Waals surface area contributed by atoms with Gasteiger partial charge in [-0.3, -0.25) is 14.7 Å². The first-order chi connectivity index (χ1) is 9.10. The van der Waals surface area contributed by atoms with E-state index in [2.05, 4.69) is 10.3 Å². The minimum atomic E-state index is -0.0474. The molecule has 1 aromatic heterocycles. The summed E-state index contributed by atoms with van der Waals surface area (Å²) in [6.45, 7) is 4.91. The number of nitrogens with one attached hydrogen (secondary N) is 1. The van der Waals surface area contributed by atoms with Crippen molar-refractivity contribution in [1.82, 2.24) is 15.2 Å². The van der Waals surface area contributed by atoms with Gasteiger partial charge in [0.1, 0.15) is 0 Å². The SMILES string of the molecule is CCNC(=O)CN(C)C(c1ccccn1)C(N)CC. The van der Waals surface area contributed by atoms with Crippen molar-refractivity contribution < 1.29 is 4.79 Å². The number of carbonyl (C=O) groups excluding carboxylic acids is 1. The number of nitrogens with zero attached hydrogens (tertiary/aromatic N) is 2. The van der Waals surface area contributed by atoms with E-state index in [1.165, 1.54) is 0 Å². The van der Waals surface area contributed by atoms with Crippen molar-refractivity contribution in [2.75, 3.05) is 20.1 Å². The number of likely N-dealkylation sites (N-methyl/N-ethyl adjacent to an activating group) is 2. The minimum absolute atomic E-state index is 0.00855. The number of amides is 1. The maximum Gasteiger partial charge on any atom is 0.234 e. The predicted molar refractivity (Wildman–Crippen MR) is 76.6 cm³/mol. The summed E-state index contributed by atoms with van der Waals surface area (Å²) in [4.78, 5) is 18.0. The summed E-state index contributed by atoms with van der Waals surface area (Å²) in [5, 5.41) is 2.80.